The highest BCUT2D eigenvalue weighted by Crippen LogP contribution is 2.30. The second-order valence-electron chi connectivity index (χ2n) is 6.65. The Hall–Kier alpha value is -0.770. The Morgan fingerprint density at radius 3 is 2.58 bits per heavy atom. The summed E-state index contributed by atoms with van der Waals surface area (Å²) in [5, 5.41) is 6.26. The molecule has 0 aromatic rings. The first-order valence-electron chi connectivity index (χ1n) is 7.56. The van der Waals surface area contributed by atoms with Gasteiger partial charge in [-0.05, 0) is 58.5 Å². The molecule has 2 atom stereocenters. The maximum atomic E-state index is 11.4. The normalized spacial score (nSPS) is 23.4. The van der Waals surface area contributed by atoms with E-state index >= 15 is 0 Å². The van der Waals surface area contributed by atoms with Gasteiger partial charge in [0, 0.05) is 6.54 Å². The van der Waals surface area contributed by atoms with E-state index in [0.29, 0.717) is 6.54 Å². The Morgan fingerprint density at radius 2 is 2.00 bits per heavy atom. The van der Waals surface area contributed by atoms with Crippen LogP contribution in [0.2, 0.25) is 0 Å². The van der Waals surface area contributed by atoms with Gasteiger partial charge in [-0.1, -0.05) is 19.8 Å². The topological polar surface area (TPSA) is 50.4 Å². The number of ether oxygens (including phenoxy) is 1. The summed E-state index contributed by atoms with van der Waals surface area (Å²) in [5.74, 6) is 1.71. The van der Waals surface area contributed by atoms with Gasteiger partial charge >= 0.3 is 6.09 Å². The van der Waals surface area contributed by atoms with Crippen molar-refractivity contribution in [2.45, 2.75) is 59.0 Å². The van der Waals surface area contributed by atoms with Crippen molar-refractivity contribution in [3.05, 3.63) is 0 Å². The van der Waals surface area contributed by atoms with Crippen LogP contribution in [-0.4, -0.2) is 31.3 Å². The molecular formula is C15H30N2O2. The molecule has 0 aromatic heterocycles. The minimum Gasteiger partial charge on any atom is -0.444 e. The molecule has 1 rings (SSSR count). The summed E-state index contributed by atoms with van der Waals surface area (Å²) in [6, 6.07) is 0. The van der Waals surface area contributed by atoms with E-state index < -0.39 is 5.60 Å². The van der Waals surface area contributed by atoms with Crippen molar-refractivity contribution in [1.82, 2.24) is 10.6 Å². The number of carbonyl (C=O) groups is 1. The van der Waals surface area contributed by atoms with Crippen LogP contribution in [0.25, 0.3) is 0 Å². The summed E-state index contributed by atoms with van der Waals surface area (Å²) in [6.45, 7) is 10.7. The molecule has 1 saturated carbocycles. The van der Waals surface area contributed by atoms with E-state index in [0.717, 1.165) is 31.3 Å². The Balaban J connectivity index is 1.95. The summed E-state index contributed by atoms with van der Waals surface area (Å²) in [7, 11) is 0. The highest BCUT2D eigenvalue weighted by Gasteiger charge is 2.22. The van der Waals surface area contributed by atoms with Gasteiger partial charge in [0.1, 0.15) is 5.60 Å². The predicted octanol–water partition coefficient (Wildman–Crippen LogP) is 2.93. The van der Waals surface area contributed by atoms with Crippen molar-refractivity contribution in [2.75, 3.05) is 19.6 Å². The molecule has 0 heterocycles. The van der Waals surface area contributed by atoms with Crippen molar-refractivity contribution in [1.29, 1.82) is 0 Å². The molecule has 1 aliphatic carbocycles. The Bertz CT molecular complexity index is 274. The third-order valence-corrected chi connectivity index (χ3v) is 3.64. The molecule has 0 saturated heterocycles. The molecule has 112 valence electrons. The highest BCUT2D eigenvalue weighted by molar-refractivity contribution is 5.67. The van der Waals surface area contributed by atoms with Gasteiger partial charge in [0.05, 0.1) is 0 Å². The SMILES string of the molecule is CC1CCCC1CNCCCNC(=O)OC(C)(C)C. The van der Waals surface area contributed by atoms with Crippen LogP contribution < -0.4 is 10.6 Å². The van der Waals surface area contributed by atoms with E-state index in [1.54, 1.807) is 0 Å². The number of nitrogens with one attached hydrogen (secondary N) is 2. The average molecular weight is 270 g/mol. The monoisotopic (exact) mass is 270 g/mol. The molecule has 1 fully saturated rings. The predicted molar refractivity (Wildman–Crippen MR) is 78.2 cm³/mol. The molecule has 19 heavy (non-hydrogen) atoms. The van der Waals surface area contributed by atoms with E-state index in [-0.39, 0.29) is 6.09 Å². The van der Waals surface area contributed by atoms with Crippen molar-refractivity contribution in [2.24, 2.45) is 11.8 Å². The smallest absolute Gasteiger partial charge is 0.407 e. The molecule has 0 aromatic carbocycles. The van der Waals surface area contributed by atoms with Crippen molar-refractivity contribution in [3.63, 3.8) is 0 Å². The molecule has 4 nitrogen and oxygen atoms in total. The van der Waals surface area contributed by atoms with E-state index in [9.17, 15) is 4.79 Å². The van der Waals surface area contributed by atoms with Crippen LogP contribution in [0.4, 0.5) is 4.79 Å². The van der Waals surface area contributed by atoms with Crippen LogP contribution in [-0.2, 0) is 4.74 Å². The molecule has 0 spiro atoms. The lowest BCUT2D eigenvalue weighted by molar-refractivity contribution is 0.0527. The largest absolute Gasteiger partial charge is 0.444 e. The van der Waals surface area contributed by atoms with Crippen LogP contribution in [0.5, 0.6) is 0 Å². The second kappa shape index (κ2) is 7.73. The molecule has 2 unspecified atom stereocenters. The van der Waals surface area contributed by atoms with E-state index in [1.807, 2.05) is 20.8 Å². The summed E-state index contributed by atoms with van der Waals surface area (Å²) >= 11 is 0. The Kier molecular flexibility index (Phi) is 6.63. The zero-order valence-corrected chi connectivity index (χ0v) is 12.9. The van der Waals surface area contributed by atoms with Crippen LogP contribution in [0.15, 0.2) is 0 Å². The lowest BCUT2D eigenvalue weighted by Gasteiger charge is -2.19. The van der Waals surface area contributed by atoms with Crippen molar-refractivity contribution in [3.8, 4) is 0 Å². The van der Waals surface area contributed by atoms with Crippen LogP contribution in [0, 0.1) is 11.8 Å². The van der Waals surface area contributed by atoms with E-state index in [4.69, 9.17) is 4.74 Å². The van der Waals surface area contributed by atoms with Gasteiger partial charge in [-0.2, -0.15) is 0 Å². The number of hydrogen-bond acceptors (Lipinski definition) is 3. The van der Waals surface area contributed by atoms with Gasteiger partial charge < -0.3 is 15.4 Å². The van der Waals surface area contributed by atoms with Crippen molar-refractivity contribution < 1.29 is 9.53 Å². The molecule has 0 aliphatic heterocycles. The Labute approximate surface area is 117 Å². The summed E-state index contributed by atoms with van der Waals surface area (Å²) in [4.78, 5) is 11.4. The van der Waals surface area contributed by atoms with Gasteiger partial charge in [-0.25, -0.2) is 4.79 Å². The summed E-state index contributed by atoms with van der Waals surface area (Å²) < 4.78 is 5.17. The fourth-order valence-electron chi connectivity index (χ4n) is 2.53. The molecule has 2 N–H and O–H groups in total. The maximum Gasteiger partial charge on any atom is 0.407 e. The van der Waals surface area contributed by atoms with Crippen LogP contribution >= 0.6 is 0 Å². The van der Waals surface area contributed by atoms with Crippen LogP contribution in [0.3, 0.4) is 0 Å². The number of carbonyl (C=O) groups excluding carboxylic acids is 1. The summed E-state index contributed by atoms with van der Waals surface area (Å²) in [5.41, 5.74) is -0.416. The summed E-state index contributed by atoms with van der Waals surface area (Å²) in [6.07, 6.45) is 4.75. The molecule has 1 amide bonds. The quantitative estimate of drug-likeness (QED) is 0.730. The fourth-order valence-corrected chi connectivity index (χ4v) is 2.53. The lowest BCUT2D eigenvalue weighted by Crippen LogP contribution is -2.34. The molecule has 0 radical (unpaired) electrons. The molecule has 0 bridgehead atoms. The van der Waals surface area contributed by atoms with Gasteiger partial charge in [0.25, 0.3) is 0 Å². The fraction of sp³-hybridized carbons (Fsp3) is 0.933. The number of alkyl carbamates (subject to hydrolysis) is 1. The Morgan fingerprint density at radius 1 is 1.26 bits per heavy atom. The minimum atomic E-state index is -0.416. The maximum absolute atomic E-state index is 11.4. The van der Waals surface area contributed by atoms with Gasteiger partial charge in [0.2, 0.25) is 0 Å². The zero-order chi connectivity index (χ0) is 14.3. The lowest BCUT2D eigenvalue weighted by atomic mass is 9.98. The average Bonchev–Trinajstić information content (AvgIpc) is 2.67. The van der Waals surface area contributed by atoms with Crippen molar-refractivity contribution >= 4 is 6.09 Å². The molecule has 1 aliphatic rings. The van der Waals surface area contributed by atoms with Crippen LogP contribution in [0.1, 0.15) is 53.4 Å². The molecular weight excluding hydrogens is 240 g/mol. The highest BCUT2D eigenvalue weighted by atomic mass is 16.6. The van der Waals surface area contributed by atoms with E-state index in [2.05, 4.69) is 17.6 Å². The number of hydrogen-bond donors (Lipinski definition) is 2. The van der Waals surface area contributed by atoms with Gasteiger partial charge in [-0.3, -0.25) is 0 Å². The third-order valence-electron chi connectivity index (χ3n) is 3.64. The minimum absolute atomic E-state index is 0.322. The second-order valence-corrected chi connectivity index (χ2v) is 6.65. The van der Waals surface area contributed by atoms with Gasteiger partial charge in [0.15, 0.2) is 0 Å². The standard InChI is InChI=1S/C15H30N2O2/c1-12-7-5-8-13(12)11-16-9-6-10-17-14(18)19-15(2,3)4/h12-13,16H,5-11H2,1-4H3,(H,17,18). The molecule has 4 heteroatoms. The van der Waals surface area contributed by atoms with Gasteiger partial charge in [-0.15, -0.1) is 0 Å². The number of rotatable bonds is 6. The van der Waals surface area contributed by atoms with E-state index in [1.165, 1.54) is 19.3 Å². The first-order chi connectivity index (χ1) is 8.88. The first-order valence-corrected chi connectivity index (χ1v) is 7.56. The zero-order valence-electron chi connectivity index (χ0n) is 12.9. The third kappa shape index (κ3) is 7.41. The first kappa shape index (κ1) is 16.3. The number of amides is 1.